The Hall–Kier alpha value is -2.99. The topological polar surface area (TPSA) is 57.0 Å². The van der Waals surface area contributed by atoms with Gasteiger partial charge in [0.15, 0.2) is 0 Å². The lowest BCUT2D eigenvalue weighted by molar-refractivity contribution is -0.143. The molecule has 0 N–H and O–H groups in total. The normalized spacial score (nSPS) is 13.3. The zero-order chi connectivity index (χ0) is 20.2. The summed E-state index contributed by atoms with van der Waals surface area (Å²) >= 11 is 1.73. The number of nitrogens with zero attached hydrogens (tertiary/aromatic N) is 3. The van der Waals surface area contributed by atoms with E-state index in [1.165, 1.54) is 4.88 Å². The molecule has 0 bridgehead atoms. The van der Waals surface area contributed by atoms with Crippen molar-refractivity contribution in [3.05, 3.63) is 82.0 Å². The second-order valence-corrected chi connectivity index (χ2v) is 8.26. The number of para-hydroxylation sites is 1. The zero-order valence-corrected chi connectivity index (χ0v) is 17.3. The lowest BCUT2D eigenvalue weighted by Gasteiger charge is -2.27. The average molecular weight is 406 g/mol. The molecule has 0 saturated heterocycles. The summed E-state index contributed by atoms with van der Waals surface area (Å²) in [4.78, 5) is 14.9. The number of rotatable bonds is 7. The van der Waals surface area contributed by atoms with Crippen LogP contribution in [-0.4, -0.2) is 27.6 Å². The Morgan fingerprint density at radius 1 is 1.07 bits per heavy atom. The molecule has 2 aromatic carbocycles. The van der Waals surface area contributed by atoms with Crippen molar-refractivity contribution in [1.29, 1.82) is 0 Å². The highest BCUT2D eigenvalue weighted by atomic mass is 32.1. The summed E-state index contributed by atoms with van der Waals surface area (Å²) in [6.07, 6.45) is 0.271. The predicted molar refractivity (Wildman–Crippen MR) is 115 cm³/mol. The van der Waals surface area contributed by atoms with Gasteiger partial charge >= 0.3 is 5.97 Å². The van der Waals surface area contributed by atoms with Gasteiger partial charge in [-0.1, -0.05) is 47.7 Å². The van der Waals surface area contributed by atoms with E-state index in [4.69, 9.17) is 4.74 Å². The molecule has 0 aliphatic heterocycles. The summed E-state index contributed by atoms with van der Waals surface area (Å²) in [7, 11) is 0. The van der Waals surface area contributed by atoms with Crippen LogP contribution in [-0.2, 0) is 9.53 Å². The lowest BCUT2D eigenvalue weighted by atomic mass is 9.87. The van der Waals surface area contributed by atoms with E-state index in [0.717, 1.165) is 21.5 Å². The zero-order valence-electron chi connectivity index (χ0n) is 16.5. The van der Waals surface area contributed by atoms with Crippen LogP contribution in [0.5, 0.6) is 0 Å². The number of thiophene rings is 1. The number of aryl methyl sites for hydroxylation is 1. The molecule has 0 radical (unpaired) electrons. The van der Waals surface area contributed by atoms with Gasteiger partial charge in [0.1, 0.15) is 5.52 Å². The van der Waals surface area contributed by atoms with Gasteiger partial charge in [0.2, 0.25) is 0 Å². The first-order chi connectivity index (χ1) is 14.2. The van der Waals surface area contributed by atoms with Crippen LogP contribution in [0.2, 0.25) is 0 Å². The highest BCUT2D eigenvalue weighted by Crippen LogP contribution is 2.40. The third-order valence-electron chi connectivity index (χ3n) is 4.99. The number of hydrogen-bond acceptors (Lipinski definition) is 5. The molecule has 2 atom stereocenters. The predicted octanol–water partition coefficient (Wildman–Crippen LogP) is 5.13. The van der Waals surface area contributed by atoms with Crippen molar-refractivity contribution in [3.8, 4) is 0 Å². The standard InChI is InChI=1S/C23H23N3O2S/c1-3-28-22(27)15-18(17-9-5-4-6-10-17)23(21-14-13-16(2)29-21)26-20-12-8-7-11-19(20)24-25-26/h4-14,18,23H,3,15H2,1-2H3. The smallest absolute Gasteiger partial charge is 0.306 e. The van der Waals surface area contributed by atoms with Crippen LogP contribution in [0.1, 0.15) is 40.6 Å². The van der Waals surface area contributed by atoms with Gasteiger partial charge in [0, 0.05) is 15.7 Å². The minimum atomic E-state index is -0.205. The number of benzene rings is 2. The van der Waals surface area contributed by atoms with Crippen LogP contribution in [0.25, 0.3) is 11.0 Å². The molecular weight excluding hydrogens is 382 g/mol. The van der Waals surface area contributed by atoms with E-state index in [1.807, 2.05) is 54.1 Å². The van der Waals surface area contributed by atoms with Crippen molar-refractivity contribution in [2.24, 2.45) is 0 Å². The van der Waals surface area contributed by atoms with Gasteiger partial charge in [-0.25, -0.2) is 4.68 Å². The quantitative estimate of drug-likeness (QED) is 0.400. The Morgan fingerprint density at radius 3 is 2.55 bits per heavy atom. The number of ether oxygens (including phenoxy) is 1. The van der Waals surface area contributed by atoms with E-state index < -0.39 is 0 Å². The molecule has 2 aromatic heterocycles. The summed E-state index contributed by atoms with van der Waals surface area (Å²) < 4.78 is 7.26. The Bertz CT molecular complexity index is 1100. The highest BCUT2D eigenvalue weighted by molar-refractivity contribution is 7.12. The largest absolute Gasteiger partial charge is 0.466 e. The summed E-state index contributed by atoms with van der Waals surface area (Å²) in [6.45, 7) is 4.30. The maximum Gasteiger partial charge on any atom is 0.306 e. The summed E-state index contributed by atoms with van der Waals surface area (Å²) in [6, 6.07) is 22.1. The molecular formula is C23H23N3O2S. The van der Waals surface area contributed by atoms with Crippen LogP contribution in [0.3, 0.4) is 0 Å². The molecule has 0 aliphatic rings. The fourth-order valence-corrected chi connectivity index (χ4v) is 4.73. The van der Waals surface area contributed by atoms with Gasteiger partial charge in [-0.3, -0.25) is 4.79 Å². The van der Waals surface area contributed by atoms with Gasteiger partial charge in [-0.15, -0.1) is 16.4 Å². The van der Waals surface area contributed by atoms with Crippen LogP contribution < -0.4 is 0 Å². The van der Waals surface area contributed by atoms with Crippen LogP contribution >= 0.6 is 11.3 Å². The van der Waals surface area contributed by atoms with E-state index in [1.54, 1.807) is 11.3 Å². The Labute approximate surface area is 173 Å². The van der Waals surface area contributed by atoms with E-state index >= 15 is 0 Å². The maximum absolute atomic E-state index is 12.5. The van der Waals surface area contributed by atoms with Crippen molar-refractivity contribution in [3.63, 3.8) is 0 Å². The SMILES string of the molecule is CCOC(=O)CC(c1ccccc1)C(c1ccc(C)s1)n1nnc2ccccc21. The monoisotopic (exact) mass is 405 g/mol. The fraction of sp³-hybridized carbons (Fsp3) is 0.261. The molecule has 4 aromatic rings. The molecule has 6 heteroatoms. The van der Waals surface area contributed by atoms with Gasteiger partial charge < -0.3 is 4.74 Å². The summed E-state index contributed by atoms with van der Waals surface area (Å²) in [5, 5.41) is 8.87. The van der Waals surface area contributed by atoms with Crippen molar-refractivity contribution < 1.29 is 9.53 Å². The molecule has 0 spiro atoms. The van der Waals surface area contributed by atoms with Crippen molar-refractivity contribution >= 4 is 28.3 Å². The average Bonchev–Trinajstić information content (AvgIpc) is 3.35. The molecule has 0 fully saturated rings. The highest BCUT2D eigenvalue weighted by Gasteiger charge is 2.32. The minimum absolute atomic E-state index is 0.126. The molecule has 0 aliphatic carbocycles. The summed E-state index contributed by atoms with van der Waals surface area (Å²) in [5.41, 5.74) is 2.87. The number of hydrogen-bond donors (Lipinski definition) is 0. The van der Waals surface area contributed by atoms with Crippen LogP contribution in [0.4, 0.5) is 0 Å². The first-order valence-corrected chi connectivity index (χ1v) is 10.6. The third kappa shape index (κ3) is 4.07. The molecule has 148 valence electrons. The number of aromatic nitrogens is 3. The van der Waals surface area contributed by atoms with Gasteiger partial charge in [0.25, 0.3) is 0 Å². The van der Waals surface area contributed by atoms with Gasteiger partial charge in [-0.05, 0) is 43.7 Å². The number of esters is 1. The molecule has 2 unspecified atom stereocenters. The maximum atomic E-state index is 12.5. The first-order valence-electron chi connectivity index (χ1n) is 9.74. The Balaban J connectivity index is 1.88. The molecule has 29 heavy (non-hydrogen) atoms. The first kappa shape index (κ1) is 19.3. The van der Waals surface area contributed by atoms with E-state index in [0.29, 0.717) is 6.61 Å². The minimum Gasteiger partial charge on any atom is -0.466 e. The van der Waals surface area contributed by atoms with Crippen LogP contribution in [0, 0.1) is 6.92 Å². The molecule has 4 rings (SSSR count). The second kappa shape index (κ2) is 8.57. The number of carbonyl (C=O) groups is 1. The van der Waals surface area contributed by atoms with Crippen LogP contribution in [0.15, 0.2) is 66.7 Å². The number of carbonyl (C=O) groups excluding carboxylic acids is 1. The van der Waals surface area contributed by atoms with Crippen molar-refractivity contribution in [2.45, 2.75) is 32.2 Å². The molecule has 2 heterocycles. The van der Waals surface area contributed by atoms with E-state index in [-0.39, 0.29) is 24.3 Å². The Morgan fingerprint density at radius 2 is 1.83 bits per heavy atom. The molecule has 0 amide bonds. The number of fused-ring (bicyclic) bond motifs is 1. The van der Waals surface area contributed by atoms with Crippen molar-refractivity contribution in [1.82, 2.24) is 15.0 Å². The van der Waals surface area contributed by atoms with Crippen molar-refractivity contribution in [2.75, 3.05) is 6.61 Å². The van der Waals surface area contributed by atoms with E-state index in [9.17, 15) is 4.79 Å². The Kier molecular flexibility index (Phi) is 5.71. The second-order valence-electron chi connectivity index (χ2n) is 6.94. The van der Waals surface area contributed by atoms with Gasteiger partial charge in [-0.2, -0.15) is 0 Å². The molecule has 0 saturated carbocycles. The van der Waals surface area contributed by atoms with E-state index in [2.05, 4.69) is 41.5 Å². The van der Waals surface area contributed by atoms with Gasteiger partial charge in [0.05, 0.1) is 24.6 Å². The third-order valence-corrected chi connectivity index (χ3v) is 6.07. The molecule has 5 nitrogen and oxygen atoms in total. The fourth-order valence-electron chi connectivity index (χ4n) is 3.71. The summed E-state index contributed by atoms with van der Waals surface area (Å²) in [5.74, 6) is -0.331. The lowest BCUT2D eigenvalue weighted by Crippen LogP contribution is -2.23.